The number of ether oxygens (including phenoxy) is 1. The van der Waals surface area contributed by atoms with Crippen LogP contribution in [-0.2, 0) is 22.5 Å². The van der Waals surface area contributed by atoms with Crippen molar-refractivity contribution in [3.8, 4) is 0 Å². The van der Waals surface area contributed by atoms with Crippen molar-refractivity contribution in [2.75, 3.05) is 10.6 Å². The van der Waals surface area contributed by atoms with Crippen molar-refractivity contribution in [1.29, 1.82) is 0 Å². The number of benzene rings is 2. The van der Waals surface area contributed by atoms with E-state index in [1.54, 1.807) is 0 Å². The van der Waals surface area contributed by atoms with Crippen LogP contribution in [0.25, 0.3) is 0 Å². The Hall–Kier alpha value is -3.61. The minimum absolute atomic E-state index is 0.190. The molecule has 7 heteroatoms. The number of aryl methyl sites for hydroxylation is 2. The van der Waals surface area contributed by atoms with Crippen LogP contribution in [0.4, 0.5) is 16.2 Å². The lowest BCUT2D eigenvalue weighted by Crippen LogP contribution is -2.25. The predicted octanol–water partition coefficient (Wildman–Crippen LogP) is 5.38. The molecule has 174 valence electrons. The summed E-state index contributed by atoms with van der Waals surface area (Å²) in [4.78, 5) is 24.6. The zero-order valence-corrected chi connectivity index (χ0v) is 20.2. The van der Waals surface area contributed by atoms with Gasteiger partial charge in [-0.1, -0.05) is 29.8 Å². The molecule has 2 aromatic carbocycles. The highest BCUT2D eigenvalue weighted by Crippen LogP contribution is 2.19. The van der Waals surface area contributed by atoms with Crippen LogP contribution in [0.5, 0.6) is 0 Å². The first-order valence-electron chi connectivity index (χ1n) is 11.0. The second-order valence-electron chi connectivity index (χ2n) is 9.22. The molecule has 0 unspecified atom stereocenters. The molecule has 0 saturated heterocycles. The van der Waals surface area contributed by atoms with Crippen LogP contribution in [0.1, 0.15) is 48.8 Å². The number of urea groups is 1. The van der Waals surface area contributed by atoms with Crippen LogP contribution in [0.3, 0.4) is 0 Å². The fourth-order valence-corrected chi connectivity index (χ4v) is 3.52. The Morgan fingerprint density at radius 3 is 2.30 bits per heavy atom. The van der Waals surface area contributed by atoms with E-state index in [2.05, 4.69) is 15.7 Å². The number of hydrogen-bond donors (Lipinski definition) is 2. The predicted molar refractivity (Wildman–Crippen MR) is 131 cm³/mol. The van der Waals surface area contributed by atoms with E-state index in [0.717, 1.165) is 33.8 Å². The molecule has 0 fully saturated rings. The van der Waals surface area contributed by atoms with Gasteiger partial charge in [0.05, 0.1) is 18.7 Å². The summed E-state index contributed by atoms with van der Waals surface area (Å²) in [5.74, 6) is -0.265. The zero-order valence-electron chi connectivity index (χ0n) is 20.2. The zero-order chi connectivity index (χ0) is 24.2. The van der Waals surface area contributed by atoms with E-state index in [4.69, 9.17) is 4.74 Å². The molecule has 2 amide bonds. The van der Waals surface area contributed by atoms with Crippen LogP contribution < -0.4 is 10.6 Å². The summed E-state index contributed by atoms with van der Waals surface area (Å²) in [6.07, 6.45) is 0.190. The van der Waals surface area contributed by atoms with Crippen molar-refractivity contribution in [2.24, 2.45) is 0 Å². The monoisotopic (exact) mass is 448 g/mol. The summed E-state index contributed by atoms with van der Waals surface area (Å²) < 4.78 is 7.33. The van der Waals surface area contributed by atoms with Gasteiger partial charge in [0.1, 0.15) is 5.60 Å². The van der Waals surface area contributed by atoms with Crippen LogP contribution >= 0.6 is 0 Å². The molecular formula is C26H32N4O3. The molecule has 0 spiro atoms. The van der Waals surface area contributed by atoms with Crippen molar-refractivity contribution in [3.05, 3.63) is 76.6 Å². The van der Waals surface area contributed by atoms with E-state index in [0.29, 0.717) is 12.2 Å². The van der Waals surface area contributed by atoms with E-state index >= 15 is 0 Å². The number of nitrogens with one attached hydrogen (secondary N) is 2. The average molecular weight is 449 g/mol. The van der Waals surface area contributed by atoms with Crippen LogP contribution in [0, 0.1) is 20.8 Å². The van der Waals surface area contributed by atoms with Gasteiger partial charge >= 0.3 is 12.0 Å². The maximum absolute atomic E-state index is 12.4. The molecule has 0 radical (unpaired) electrons. The molecule has 7 nitrogen and oxygen atoms in total. The first-order valence-corrected chi connectivity index (χ1v) is 11.0. The molecule has 0 saturated carbocycles. The molecule has 3 aromatic rings. The van der Waals surface area contributed by atoms with Gasteiger partial charge in [0.15, 0.2) is 0 Å². The molecule has 0 atom stereocenters. The average Bonchev–Trinajstić information content (AvgIpc) is 2.96. The lowest BCUT2D eigenvalue weighted by Gasteiger charge is -2.19. The second kappa shape index (κ2) is 9.90. The van der Waals surface area contributed by atoms with Gasteiger partial charge in [-0.25, -0.2) is 4.79 Å². The fraction of sp³-hybridized carbons (Fsp3) is 0.346. The summed E-state index contributed by atoms with van der Waals surface area (Å²) in [7, 11) is 0. The van der Waals surface area contributed by atoms with Crippen LogP contribution in [0.2, 0.25) is 0 Å². The largest absolute Gasteiger partial charge is 0.460 e. The molecule has 0 aliphatic heterocycles. The van der Waals surface area contributed by atoms with E-state index in [1.165, 1.54) is 0 Å². The van der Waals surface area contributed by atoms with Gasteiger partial charge in [-0.05, 0) is 71.4 Å². The lowest BCUT2D eigenvalue weighted by atomic mass is 10.1. The fourth-order valence-electron chi connectivity index (χ4n) is 3.52. The lowest BCUT2D eigenvalue weighted by molar-refractivity contribution is -0.153. The highest BCUT2D eigenvalue weighted by atomic mass is 16.6. The third-order valence-electron chi connectivity index (χ3n) is 5.10. The van der Waals surface area contributed by atoms with Gasteiger partial charge in [-0.15, -0.1) is 0 Å². The third kappa shape index (κ3) is 6.94. The summed E-state index contributed by atoms with van der Waals surface area (Å²) in [6, 6.07) is 14.9. The number of aromatic nitrogens is 2. The number of amides is 2. The van der Waals surface area contributed by atoms with E-state index in [9.17, 15) is 9.59 Å². The van der Waals surface area contributed by atoms with Gasteiger partial charge in [-0.2, -0.15) is 5.10 Å². The maximum Gasteiger partial charge on any atom is 0.323 e. The number of esters is 1. The molecule has 1 heterocycles. The Balaban J connectivity index is 1.67. The topological polar surface area (TPSA) is 85.3 Å². The summed E-state index contributed by atoms with van der Waals surface area (Å²) in [5, 5.41) is 10.3. The summed E-state index contributed by atoms with van der Waals surface area (Å²) in [5.41, 5.74) is 5.63. The molecule has 0 aliphatic rings. The quantitative estimate of drug-likeness (QED) is 0.496. The van der Waals surface area contributed by atoms with Crippen molar-refractivity contribution in [2.45, 2.75) is 60.1 Å². The number of hydrogen-bond acceptors (Lipinski definition) is 4. The van der Waals surface area contributed by atoms with Crippen molar-refractivity contribution in [1.82, 2.24) is 9.78 Å². The Labute approximate surface area is 195 Å². The van der Waals surface area contributed by atoms with Gasteiger partial charge < -0.3 is 15.4 Å². The maximum atomic E-state index is 12.4. The van der Waals surface area contributed by atoms with E-state index < -0.39 is 5.60 Å². The van der Waals surface area contributed by atoms with Crippen molar-refractivity contribution in [3.63, 3.8) is 0 Å². The van der Waals surface area contributed by atoms with Gasteiger partial charge in [0, 0.05) is 22.6 Å². The molecule has 0 aliphatic carbocycles. The van der Waals surface area contributed by atoms with Gasteiger partial charge in [0.25, 0.3) is 0 Å². The minimum Gasteiger partial charge on any atom is -0.460 e. The van der Waals surface area contributed by atoms with Gasteiger partial charge in [0.2, 0.25) is 0 Å². The Kier molecular flexibility index (Phi) is 7.21. The normalized spacial score (nSPS) is 11.2. The first kappa shape index (κ1) is 24.0. The van der Waals surface area contributed by atoms with Crippen LogP contribution in [0.15, 0.2) is 48.5 Å². The number of carbonyl (C=O) groups excluding carboxylic acids is 2. The number of rotatable bonds is 6. The Morgan fingerprint density at radius 1 is 0.970 bits per heavy atom. The molecule has 2 N–H and O–H groups in total. The smallest absolute Gasteiger partial charge is 0.323 e. The highest BCUT2D eigenvalue weighted by molar-refractivity contribution is 5.99. The summed E-state index contributed by atoms with van der Waals surface area (Å²) in [6.45, 7) is 11.9. The second-order valence-corrected chi connectivity index (χ2v) is 9.22. The molecular weight excluding hydrogens is 416 g/mol. The number of carbonyl (C=O) groups is 2. The molecule has 33 heavy (non-hydrogen) atoms. The SMILES string of the molecule is Cc1ccc(NC(=O)Nc2cccc(Cn3nc(C)c(CC(=O)OC(C)(C)C)c3C)c2)cc1. The molecule has 0 bridgehead atoms. The molecule has 3 rings (SSSR count). The third-order valence-corrected chi connectivity index (χ3v) is 5.10. The van der Waals surface area contributed by atoms with Crippen molar-refractivity contribution < 1.29 is 14.3 Å². The summed E-state index contributed by atoms with van der Waals surface area (Å²) >= 11 is 0. The Morgan fingerprint density at radius 2 is 1.64 bits per heavy atom. The first-order chi connectivity index (χ1) is 15.5. The number of anilines is 2. The van der Waals surface area contributed by atoms with Crippen LogP contribution in [-0.4, -0.2) is 27.4 Å². The number of nitrogens with zero attached hydrogens (tertiary/aromatic N) is 2. The Bertz CT molecular complexity index is 1140. The minimum atomic E-state index is -0.520. The van der Waals surface area contributed by atoms with Gasteiger partial charge in [-0.3, -0.25) is 9.48 Å². The van der Waals surface area contributed by atoms with E-state index in [1.807, 2.05) is 94.8 Å². The highest BCUT2D eigenvalue weighted by Gasteiger charge is 2.20. The standard InChI is InChI=1S/C26H32N4O3/c1-17-10-12-21(13-11-17)27-25(32)28-22-9-7-8-20(14-22)16-30-19(3)23(18(2)29-30)15-24(31)33-26(4,5)6/h7-14H,15-16H2,1-6H3,(H2,27,28,32). The molecule has 1 aromatic heterocycles. The van der Waals surface area contributed by atoms with E-state index in [-0.39, 0.29) is 18.4 Å². The van der Waals surface area contributed by atoms with Crippen molar-refractivity contribution >= 4 is 23.4 Å².